The summed E-state index contributed by atoms with van der Waals surface area (Å²) in [6.45, 7) is 1.58. The summed E-state index contributed by atoms with van der Waals surface area (Å²) >= 11 is 0. The summed E-state index contributed by atoms with van der Waals surface area (Å²) in [6.07, 6.45) is 3.91. The van der Waals surface area contributed by atoms with Crippen molar-refractivity contribution in [2.24, 2.45) is 0 Å². The molecule has 0 aliphatic carbocycles. The van der Waals surface area contributed by atoms with Gasteiger partial charge in [-0.25, -0.2) is 0 Å². The number of benzene rings is 1. The second-order valence-corrected chi connectivity index (χ2v) is 6.11. The molecular formula is C20H20N4O3. The van der Waals surface area contributed by atoms with Gasteiger partial charge < -0.3 is 15.2 Å². The maximum Gasteiger partial charge on any atom is 0.245 e. The molecule has 0 aliphatic heterocycles. The summed E-state index contributed by atoms with van der Waals surface area (Å²) in [5, 5.41) is 8.98. The van der Waals surface area contributed by atoms with Gasteiger partial charge in [-0.05, 0) is 36.6 Å². The van der Waals surface area contributed by atoms with Gasteiger partial charge in [0.1, 0.15) is 5.76 Å². The van der Waals surface area contributed by atoms with Crippen molar-refractivity contribution in [3.05, 3.63) is 77.8 Å². The Labute approximate surface area is 156 Å². The van der Waals surface area contributed by atoms with E-state index in [4.69, 9.17) is 4.52 Å². The Kier molecular flexibility index (Phi) is 5.94. The van der Waals surface area contributed by atoms with E-state index in [1.54, 1.807) is 25.4 Å². The lowest BCUT2D eigenvalue weighted by molar-refractivity contribution is -0.125. The molecular weight excluding hydrogens is 344 g/mol. The van der Waals surface area contributed by atoms with Gasteiger partial charge in [0.2, 0.25) is 11.8 Å². The zero-order chi connectivity index (χ0) is 19.1. The molecule has 0 fully saturated rings. The topological polar surface area (TPSA) is 97.1 Å². The fourth-order valence-electron chi connectivity index (χ4n) is 2.70. The number of rotatable bonds is 7. The lowest BCUT2D eigenvalue weighted by Gasteiger charge is -2.17. The number of aromatic nitrogens is 2. The van der Waals surface area contributed by atoms with E-state index >= 15 is 0 Å². The summed E-state index contributed by atoms with van der Waals surface area (Å²) in [6, 6.07) is 14.9. The number of hydrogen-bond donors (Lipinski definition) is 2. The third-order valence-corrected chi connectivity index (χ3v) is 4.03. The molecule has 1 unspecified atom stereocenters. The molecule has 138 valence electrons. The minimum atomic E-state index is -0.407. The Hall–Kier alpha value is -3.48. The molecule has 2 amide bonds. The second kappa shape index (κ2) is 8.75. The van der Waals surface area contributed by atoms with Crippen LogP contribution in [-0.2, 0) is 16.0 Å². The van der Waals surface area contributed by atoms with E-state index in [1.165, 1.54) is 0 Å². The Balaban J connectivity index is 1.64. The first-order chi connectivity index (χ1) is 13.1. The van der Waals surface area contributed by atoms with Crippen LogP contribution in [0.15, 0.2) is 65.4 Å². The van der Waals surface area contributed by atoms with Crippen LogP contribution in [-0.4, -0.2) is 28.5 Å². The van der Waals surface area contributed by atoms with Gasteiger partial charge in [0.05, 0.1) is 12.5 Å². The lowest BCUT2D eigenvalue weighted by Crippen LogP contribution is -2.36. The van der Waals surface area contributed by atoms with Crippen LogP contribution in [0.2, 0.25) is 0 Å². The number of carbonyl (C=O) groups excluding carboxylic acids is 2. The van der Waals surface area contributed by atoms with E-state index in [9.17, 15) is 9.59 Å². The Morgan fingerprint density at radius 3 is 2.52 bits per heavy atom. The van der Waals surface area contributed by atoms with Gasteiger partial charge in [-0.2, -0.15) is 0 Å². The van der Waals surface area contributed by atoms with Gasteiger partial charge >= 0.3 is 0 Å². The van der Waals surface area contributed by atoms with Crippen LogP contribution in [0, 0.1) is 6.92 Å². The lowest BCUT2D eigenvalue weighted by atomic mass is 9.91. The molecule has 2 N–H and O–H groups in total. The third kappa shape index (κ3) is 5.24. The molecule has 1 atom stereocenters. The van der Waals surface area contributed by atoms with E-state index in [1.807, 2.05) is 42.5 Å². The molecule has 2 heterocycles. The first kappa shape index (κ1) is 18.3. The summed E-state index contributed by atoms with van der Waals surface area (Å²) in [4.78, 5) is 28.8. The van der Waals surface area contributed by atoms with Crippen molar-refractivity contribution in [1.82, 2.24) is 15.5 Å². The van der Waals surface area contributed by atoms with Gasteiger partial charge in [0.15, 0.2) is 5.82 Å². The molecule has 7 nitrogen and oxygen atoms in total. The number of hydrogen-bond acceptors (Lipinski definition) is 5. The fraction of sp³-hybridized carbons (Fsp3) is 0.200. The highest BCUT2D eigenvalue weighted by Gasteiger charge is 2.21. The van der Waals surface area contributed by atoms with Crippen LogP contribution in [0.1, 0.15) is 22.8 Å². The molecule has 1 aromatic carbocycles. The number of anilines is 1. The maximum absolute atomic E-state index is 12.8. The van der Waals surface area contributed by atoms with E-state index in [0.717, 1.165) is 11.1 Å². The van der Waals surface area contributed by atoms with E-state index in [-0.39, 0.29) is 18.4 Å². The third-order valence-electron chi connectivity index (χ3n) is 4.03. The molecule has 0 aliphatic rings. The van der Waals surface area contributed by atoms with Gasteiger partial charge in [0.25, 0.3) is 0 Å². The van der Waals surface area contributed by atoms with Crippen LogP contribution in [0.25, 0.3) is 0 Å². The highest BCUT2D eigenvalue weighted by Crippen LogP contribution is 2.21. The zero-order valence-electron chi connectivity index (χ0n) is 14.9. The summed E-state index contributed by atoms with van der Waals surface area (Å²) < 4.78 is 4.90. The van der Waals surface area contributed by atoms with Crippen molar-refractivity contribution in [3.63, 3.8) is 0 Å². The van der Waals surface area contributed by atoms with Crippen molar-refractivity contribution >= 4 is 17.6 Å². The SMILES string of the molecule is Cc1cc(NC(=O)CNC(=O)C(Cc2ccncc2)c2ccccc2)no1. The molecule has 0 saturated heterocycles. The number of aryl methyl sites for hydroxylation is 1. The van der Waals surface area contributed by atoms with Crippen LogP contribution >= 0.6 is 0 Å². The largest absolute Gasteiger partial charge is 0.360 e. The number of nitrogens with one attached hydrogen (secondary N) is 2. The zero-order valence-corrected chi connectivity index (χ0v) is 14.9. The van der Waals surface area contributed by atoms with Crippen LogP contribution in [0.4, 0.5) is 5.82 Å². The van der Waals surface area contributed by atoms with Crippen LogP contribution < -0.4 is 10.6 Å². The van der Waals surface area contributed by atoms with Crippen molar-refractivity contribution in [2.45, 2.75) is 19.3 Å². The predicted octanol–water partition coefficient (Wildman–Crippen LogP) is 2.46. The smallest absolute Gasteiger partial charge is 0.245 e. The highest BCUT2D eigenvalue weighted by molar-refractivity contribution is 5.95. The van der Waals surface area contributed by atoms with E-state index < -0.39 is 5.92 Å². The Bertz CT molecular complexity index is 894. The van der Waals surface area contributed by atoms with E-state index in [0.29, 0.717) is 18.0 Å². The number of carbonyl (C=O) groups is 2. The average Bonchev–Trinajstić information content (AvgIpc) is 3.10. The van der Waals surface area contributed by atoms with Crippen LogP contribution in [0.5, 0.6) is 0 Å². The Morgan fingerprint density at radius 1 is 1.11 bits per heavy atom. The number of pyridine rings is 1. The molecule has 7 heteroatoms. The minimum Gasteiger partial charge on any atom is -0.360 e. The highest BCUT2D eigenvalue weighted by atomic mass is 16.5. The van der Waals surface area contributed by atoms with Gasteiger partial charge in [0, 0.05) is 18.5 Å². The number of amides is 2. The van der Waals surface area contributed by atoms with Gasteiger partial charge in [-0.1, -0.05) is 35.5 Å². The first-order valence-electron chi connectivity index (χ1n) is 8.56. The molecule has 2 aromatic heterocycles. The normalized spacial score (nSPS) is 11.6. The first-order valence-corrected chi connectivity index (χ1v) is 8.56. The van der Waals surface area contributed by atoms with Gasteiger partial charge in [-0.15, -0.1) is 0 Å². The monoisotopic (exact) mass is 364 g/mol. The fourth-order valence-corrected chi connectivity index (χ4v) is 2.70. The van der Waals surface area contributed by atoms with Gasteiger partial charge in [-0.3, -0.25) is 14.6 Å². The molecule has 3 rings (SSSR count). The minimum absolute atomic E-state index is 0.148. The van der Waals surface area contributed by atoms with Crippen molar-refractivity contribution in [1.29, 1.82) is 0 Å². The van der Waals surface area contributed by atoms with Crippen molar-refractivity contribution < 1.29 is 14.1 Å². The number of nitrogens with zero attached hydrogens (tertiary/aromatic N) is 2. The predicted molar refractivity (Wildman–Crippen MR) is 100 cm³/mol. The van der Waals surface area contributed by atoms with Crippen molar-refractivity contribution in [3.8, 4) is 0 Å². The molecule has 0 spiro atoms. The van der Waals surface area contributed by atoms with E-state index in [2.05, 4.69) is 20.8 Å². The average molecular weight is 364 g/mol. The Morgan fingerprint density at radius 2 is 1.85 bits per heavy atom. The summed E-state index contributed by atoms with van der Waals surface area (Å²) in [5.41, 5.74) is 1.89. The van der Waals surface area contributed by atoms with Crippen molar-refractivity contribution in [2.75, 3.05) is 11.9 Å². The molecule has 3 aromatic rings. The molecule has 0 saturated carbocycles. The molecule has 0 bridgehead atoms. The molecule has 0 radical (unpaired) electrons. The quantitative estimate of drug-likeness (QED) is 0.671. The molecule has 27 heavy (non-hydrogen) atoms. The summed E-state index contributed by atoms with van der Waals surface area (Å²) in [5.74, 6) is -0.0773. The standard InChI is InChI=1S/C20H20N4O3/c1-14-11-18(24-27-14)23-19(25)13-22-20(26)17(16-5-3-2-4-6-16)12-15-7-9-21-10-8-15/h2-11,17H,12-13H2,1H3,(H,22,26)(H,23,24,25). The maximum atomic E-state index is 12.8. The second-order valence-electron chi connectivity index (χ2n) is 6.11. The van der Waals surface area contributed by atoms with Crippen LogP contribution in [0.3, 0.4) is 0 Å². The summed E-state index contributed by atoms with van der Waals surface area (Å²) in [7, 11) is 0.